The van der Waals surface area contributed by atoms with Crippen molar-refractivity contribution in [3.63, 3.8) is 0 Å². The van der Waals surface area contributed by atoms with E-state index in [4.69, 9.17) is 10.5 Å². The van der Waals surface area contributed by atoms with Gasteiger partial charge in [0.2, 0.25) is 5.91 Å². The van der Waals surface area contributed by atoms with Gasteiger partial charge >= 0.3 is 6.03 Å². The molecule has 1 aliphatic rings. The molecule has 11 nitrogen and oxygen atoms in total. The number of hydrogen-bond donors (Lipinski definition) is 5. The number of ether oxygens (including phenoxy) is 1. The minimum Gasteiger partial charge on any atom is -0.488 e. The number of hydrogen-bond acceptors (Lipinski definition) is 7. The van der Waals surface area contributed by atoms with Gasteiger partial charge in [-0.3, -0.25) is 14.5 Å². The van der Waals surface area contributed by atoms with Gasteiger partial charge < -0.3 is 36.4 Å². The zero-order valence-electron chi connectivity index (χ0n) is 27.2. The van der Waals surface area contributed by atoms with Crippen LogP contribution >= 0.6 is 0 Å². The highest BCUT2D eigenvalue weighted by Crippen LogP contribution is 2.29. The molecular weight excluding hydrogens is 584 g/mol. The molecule has 0 radical (unpaired) electrons. The van der Waals surface area contributed by atoms with Crippen molar-refractivity contribution >= 4 is 34.9 Å². The van der Waals surface area contributed by atoms with Crippen molar-refractivity contribution < 1.29 is 24.2 Å². The molecule has 3 atom stereocenters. The molecule has 0 fully saturated rings. The van der Waals surface area contributed by atoms with Crippen LogP contribution in [0.4, 0.5) is 21.9 Å². The summed E-state index contributed by atoms with van der Waals surface area (Å²) in [4.78, 5) is 42.4. The van der Waals surface area contributed by atoms with E-state index in [1.165, 1.54) is 0 Å². The van der Waals surface area contributed by atoms with E-state index in [2.05, 4.69) is 20.9 Å². The normalized spacial score (nSPS) is 17.3. The Bertz CT molecular complexity index is 1510. The largest absolute Gasteiger partial charge is 0.488 e. The van der Waals surface area contributed by atoms with E-state index in [1.54, 1.807) is 47.4 Å². The first-order valence-electron chi connectivity index (χ1n) is 15.6. The van der Waals surface area contributed by atoms with E-state index in [0.29, 0.717) is 53.6 Å². The molecule has 0 unspecified atom stereocenters. The fraction of sp³-hybridized carbons (Fsp3) is 0.400. The number of rotatable bonds is 10. The molecule has 246 valence electrons. The summed E-state index contributed by atoms with van der Waals surface area (Å²) in [6.45, 7) is 9.07. The second-order valence-electron chi connectivity index (χ2n) is 12.4. The number of nitrogens with one attached hydrogen (secondary N) is 3. The van der Waals surface area contributed by atoms with Crippen LogP contribution in [0.5, 0.6) is 5.75 Å². The summed E-state index contributed by atoms with van der Waals surface area (Å²) in [5.74, 6) is 0.174. The van der Waals surface area contributed by atoms with E-state index in [-0.39, 0.29) is 55.0 Å². The molecule has 0 saturated heterocycles. The van der Waals surface area contributed by atoms with E-state index < -0.39 is 0 Å². The average molecular weight is 631 g/mol. The van der Waals surface area contributed by atoms with Crippen molar-refractivity contribution in [1.82, 2.24) is 15.1 Å². The number of amides is 4. The summed E-state index contributed by atoms with van der Waals surface area (Å²) in [6, 6.07) is 19.2. The first kappa shape index (κ1) is 34.3. The summed E-state index contributed by atoms with van der Waals surface area (Å²) >= 11 is 0. The summed E-state index contributed by atoms with van der Waals surface area (Å²) in [5.41, 5.74) is 9.80. The lowest BCUT2D eigenvalue weighted by atomic mass is 10.0. The Morgan fingerprint density at radius 3 is 2.46 bits per heavy atom. The fourth-order valence-electron chi connectivity index (χ4n) is 5.40. The highest BCUT2D eigenvalue weighted by atomic mass is 16.5. The van der Waals surface area contributed by atoms with Crippen molar-refractivity contribution in [3.05, 3.63) is 83.4 Å². The van der Waals surface area contributed by atoms with Gasteiger partial charge in [0.15, 0.2) is 0 Å². The third kappa shape index (κ3) is 9.21. The van der Waals surface area contributed by atoms with Gasteiger partial charge in [0.05, 0.1) is 30.4 Å². The Labute approximate surface area is 271 Å². The van der Waals surface area contributed by atoms with E-state index >= 15 is 0 Å². The number of carbonyl (C=O) groups is 3. The lowest BCUT2D eigenvalue weighted by molar-refractivity contribution is -0.134. The number of nitrogen functional groups attached to an aromatic ring is 1. The van der Waals surface area contributed by atoms with Crippen LogP contribution in [0.2, 0.25) is 0 Å². The third-order valence-electron chi connectivity index (χ3n) is 7.96. The molecule has 0 bridgehead atoms. The van der Waals surface area contributed by atoms with E-state index in [1.807, 2.05) is 59.0 Å². The Hall–Kier alpha value is -4.61. The van der Waals surface area contributed by atoms with Crippen molar-refractivity contribution in [2.75, 3.05) is 43.1 Å². The lowest BCUT2D eigenvalue weighted by Gasteiger charge is -2.34. The molecule has 1 aliphatic heterocycles. The Balaban J connectivity index is 1.49. The van der Waals surface area contributed by atoms with E-state index in [0.717, 1.165) is 5.56 Å². The fourth-order valence-corrected chi connectivity index (χ4v) is 5.40. The minimum atomic E-state index is -0.359. The molecular formula is C35H46N6O5. The van der Waals surface area contributed by atoms with Crippen LogP contribution in [-0.4, -0.2) is 77.7 Å². The predicted octanol–water partition coefficient (Wildman–Crippen LogP) is 4.33. The van der Waals surface area contributed by atoms with Crippen molar-refractivity contribution in [2.24, 2.45) is 5.92 Å². The number of nitrogens with two attached hydrogens (primary N) is 1. The number of fused-ring (bicyclic) bond motifs is 1. The number of carbonyl (C=O) groups excluding carboxylic acids is 3. The lowest BCUT2D eigenvalue weighted by Crippen LogP contribution is -2.47. The van der Waals surface area contributed by atoms with Crippen LogP contribution in [0.25, 0.3) is 0 Å². The average Bonchev–Trinajstić information content (AvgIpc) is 3.05. The molecule has 3 aromatic rings. The van der Waals surface area contributed by atoms with Gasteiger partial charge in [0.1, 0.15) is 11.9 Å². The van der Waals surface area contributed by atoms with Gasteiger partial charge in [-0.2, -0.15) is 0 Å². The van der Waals surface area contributed by atoms with E-state index in [9.17, 15) is 19.5 Å². The molecule has 46 heavy (non-hydrogen) atoms. The highest BCUT2D eigenvalue weighted by Gasteiger charge is 2.31. The second kappa shape index (κ2) is 15.6. The predicted molar refractivity (Wildman–Crippen MR) is 181 cm³/mol. The van der Waals surface area contributed by atoms with Crippen LogP contribution in [0.3, 0.4) is 0 Å². The summed E-state index contributed by atoms with van der Waals surface area (Å²) in [5, 5.41) is 18.4. The highest BCUT2D eigenvalue weighted by molar-refractivity contribution is 6.05. The van der Waals surface area contributed by atoms with Gasteiger partial charge in [-0.15, -0.1) is 0 Å². The zero-order valence-corrected chi connectivity index (χ0v) is 27.2. The van der Waals surface area contributed by atoms with Gasteiger partial charge in [-0.25, -0.2) is 4.79 Å². The Morgan fingerprint density at radius 2 is 1.78 bits per heavy atom. The maximum Gasteiger partial charge on any atom is 0.319 e. The number of aliphatic hydroxyl groups is 1. The Morgan fingerprint density at radius 1 is 1.07 bits per heavy atom. The number of benzene rings is 3. The molecule has 3 aromatic carbocycles. The van der Waals surface area contributed by atoms with Crippen LogP contribution in [-0.2, 0) is 17.8 Å². The maximum atomic E-state index is 13.5. The maximum absolute atomic E-state index is 13.5. The smallest absolute Gasteiger partial charge is 0.319 e. The topological polar surface area (TPSA) is 149 Å². The molecule has 0 aromatic heterocycles. The van der Waals surface area contributed by atoms with Gasteiger partial charge in [0.25, 0.3) is 5.91 Å². The molecule has 4 amide bonds. The van der Waals surface area contributed by atoms with Crippen LogP contribution < -0.4 is 26.4 Å². The van der Waals surface area contributed by atoms with Gasteiger partial charge in [0, 0.05) is 48.4 Å². The Kier molecular flexibility index (Phi) is 11.6. The summed E-state index contributed by atoms with van der Waals surface area (Å²) < 4.78 is 6.61. The third-order valence-corrected chi connectivity index (χ3v) is 7.96. The van der Waals surface area contributed by atoms with Gasteiger partial charge in [-0.1, -0.05) is 31.2 Å². The number of nitrogens with zero attached hydrogens (tertiary/aromatic N) is 2. The molecule has 0 aliphatic carbocycles. The van der Waals surface area contributed by atoms with Crippen LogP contribution in [0.15, 0.2) is 66.7 Å². The monoisotopic (exact) mass is 630 g/mol. The number of urea groups is 1. The molecule has 6 N–H and O–H groups in total. The van der Waals surface area contributed by atoms with Crippen molar-refractivity contribution in [1.29, 1.82) is 0 Å². The van der Waals surface area contributed by atoms with Crippen LogP contribution in [0.1, 0.15) is 49.2 Å². The van der Waals surface area contributed by atoms with Crippen molar-refractivity contribution in [3.8, 4) is 5.75 Å². The number of aliphatic hydroxyl groups excluding tert-OH is 1. The number of anilines is 3. The number of likely N-dealkylation sites (N-methyl/N-ethyl adjacent to an activating group) is 1. The summed E-state index contributed by atoms with van der Waals surface area (Å²) in [7, 11) is 2.00. The molecule has 11 heteroatoms. The first-order valence-corrected chi connectivity index (χ1v) is 15.6. The minimum absolute atomic E-state index is 0.0255. The number of para-hydroxylation sites is 2. The van der Waals surface area contributed by atoms with Gasteiger partial charge in [-0.05, 0) is 75.8 Å². The molecule has 4 rings (SSSR count). The second-order valence-corrected chi connectivity index (χ2v) is 12.4. The van der Waals surface area contributed by atoms with Crippen molar-refractivity contribution in [2.45, 2.75) is 58.8 Å². The standard InChI is InChI=1S/C35H46N6O5/c1-22(2)37-35(45)38-28-14-15-31-27(16-28)17-33(43)41(24(4)21-42)18-23(3)32(46-31)20-40(5)19-25-10-12-26(13-11-25)34(44)39-30-9-7-6-8-29(30)36/h6-16,22-24,32,42H,17-21,36H2,1-5H3,(H,39,44)(H2,37,38,45)/t23-,24-,32+/m1/s1. The quantitative estimate of drug-likeness (QED) is 0.209. The SMILES string of the molecule is CC(C)NC(=O)Nc1ccc2c(c1)CC(=O)N([C@H](C)CO)C[C@@H](C)[C@H](CN(C)Cc1ccc(C(=O)Nc3ccccc3N)cc1)O2. The summed E-state index contributed by atoms with van der Waals surface area (Å²) in [6.07, 6.45) is -0.208. The molecule has 1 heterocycles. The zero-order chi connectivity index (χ0) is 33.4. The van der Waals surface area contributed by atoms with Crippen LogP contribution in [0, 0.1) is 5.92 Å². The molecule has 0 saturated carbocycles. The molecule has 0 spiro atoms. The first-order chi connectivity index (χ1) is 21.9.